The van der Waals surface area contributed by atoms with Gasteiger partial charge in [-0.3, -0.25) is 4.79 Å². The maximum atomic E-state index is 12.6. The average molecular weight is 306 g/mol. The molecule has 0 spiro atoms. The minimum atomic E-state index is -0.501. The van der Waals surface area contributed by atoms with Gasteiger partial charge in [-0.25, -0.2) is 0 Å². The molecule has 2 rings (SSSR count). The zero-order chi connectivity index (χ0) is 15.6. The highest BCUT2D eigenvalue weighted by Gasteiger charge is 2.38. The van der Waals surface area contributed by atoms with Crippen LogP contribution in [0.4, 0.5) is 0 Å². The zero-order valence-electron chi connectivity index (χ0n) is 12.7. The largest absolute Gasteiger partial charge is 0.317 e. The SMILES string of the molecule is CCN(CC)CCN1C(=O)c2c(ccc(Cl)c2C)C1C#N. The van der Waals surface area contributed by atoms with E-state index in [9.17, 15) is 10.1 Å². The molecule has 0 fully saturated rings. The highest BCUT2D eigenvalue weighted by atomic mass is 35.5. The number of rotatable bonds is 5. The van der Waals surface area contributed by atoms with Gasteiger partial charge in [0.15, 0.2) is 0 Å². The van der Waals surface area contributed by atoms with E-state index in [-0.39, 0.29) is 5.91 Å². The second-order valence-electron chi connectivity index (χ2n) is 5.19. The molecule has 1 amide bonds. The molecule has 0 saturated carbocycles. The summed E-state index contributed by atoms with van der Waals surface area (Å²) in [5.41, 5.74) is 2.15. The molecule has 112 valence electrons. The summed E-state index contributed by atoms with van der Waals surface area (Å²) in [6.07, 6.45) is 0. The average Bonchev–Trinajstić information content (AvgIpc) is 2.76. The molecule has 1 aliphatic heterocycles. The van der Waals surface area contributed by atoms with Crippen LogP contribution in [0, 0.1) is 18.3 Å². The Kier molecular flexibility index (Phi) is 4.87. The number of benzene rings is 1. The lowest BCUT2D eigenvalue weighted by Crippen LogP contribution is -2.37. The first-order valence-electron chi connectivity index (χ1n) is 7.27. The van der Waals surface area contributed by atoms with Gasteiger partial charge in [0.2, 0.25) is 0 Å². The normalized spacial score (nSPS) is 17.2. The Balaban J connectivity index is 2.28. The van der Waals surface area contributed by atoms with Crippen LogP contribution in [0.2, 0.25) is 5.02 Å². The van der Waals surface area contributed by atoms with Crippen molar-refractivity contribution in [3.05, 3.63) is 33.8 Å². The lowest BCUT2D eigenvalue weighted by Gasteiger charge is -2.25. The fourth-order valence-electron chi connectivity index (χ4n) is 2.81. The fourth-order valence-corrected chi connectivity index (χ4v) is 2.96. The Hall–Kier alpha value is -1.57. The van der Waals surface area contributed by atoms with Gasteiger partial charge in [-0.15, -0.1) is 0 Å². The molecule has 1 aromatic rings. The first-order valence-corrected chi connectivity index (χ1v) is 7.64. The lowest BCUT2D eigenvalue weighted by molar-refractivity contribution is 0.0737. The molecule has 1 unspecified atom stereocenters. The molecule has 0 saturated heterocycles. The summed E-state index contributed by atoms with van der Waals surface area (Å²) in [4.78, 5) is 16.5. The Morgan fingerprint density at radius 3 is 2.62 bits per heavy atom. The molecule has 1 aromatic carbocycles. The Morgan fingerprint density at radius 2 is 2.05 bits per heavy atom. The molecule has 0 radical (unpaired) electrons. The molecule has 1 atom stereocenters. The van der Waals surface area contributed by atoms with Crippen molar-refractivity contribution >= 4 is 17.5 Å². The van der Waals surface area contributed by atoms with Crippen LogP contribution in [0.25, 0.3) is 0 Å². The van der Waals surface area contributed by atoms with Crippen LogP contribution in [0.5, 0.6) is 0 Å². The number of hydrogen-bond donors (Lipinski definition) is 0. The Bertz CT molecular complexity index is 590. The zero-order valence-corrected chi connectivity index (χ0v) is 13.4. The third-order valence-electron chi connectivity index (χ3n) is 4.19. The van der Waals surface area contributed by atoms with Gasteiger partial charge in [-0.1, -0.05) is 31.5 Å². The topological polar surface area (TPSA) is 47.3 Å². The summed E-state index contributed by atoms with van der Waals surface area (Å²) in [6, 6.07) is 5.31. The molecule has 0 aliphatic carbocycles. The van der Waals surface area contributed by atoms with Crippen molar-refractivity contribution < 1.29 is 4.79 Å². The first-order chi connectivity index (χ1) is 10.0. The van der Waals surface area contributed by atoms with Crippen LogP contribution in [0.15, 0.2) is 12.1 Å². The van der Waals surface area contributed by atoms with E-state index in [0.29, 0.717) is 17.1 Å². The van der Waals surface area contributed by atoms with Gasteiger partial charge >= 0.3 is 0 Å². The lowest BCUT2D eigenvalue weighted by atomic mass is 10.0. The molecule has 4 nitrogen and oxygen atoms in total. The van der Waals surface area contributed by atoms with Gasteiger partial charge in [0.25, 0.3) is 5.91 Å². The second kappa shape index (κ2) is 6.46. The third kappa shape index (κ3) is 2.76. The van der Waals surface area contributed by atoms with E-state index in [4.69, 9.17) is 11.6 Å². The van der Waals surface area contributed by atoms with Crippen LogP contribution in [-0.4, -0.2) is 41.9 Å². The summed E-state index contributed by atoms with van der Waals surface area (Å²) < 4.78 is 0. The monoisotopic (exact) mass is 305 g/mol. The number of amides is 1. The predicted octanol–water partition coefficient (Wildman–Crippen LogP) is 3.01. The molecule has 5 heteroatoms. The number of carbonyl (C=O) groups is 1. The maximum absolute atomic E-state index is 12.6. The Labute approximate surface area is 130 Å². The van der Waals surface area contributed by atoms with Crippen molar-refractivity contribution in [3.63, 3.8) is 0 Å². The van der Waals surface area contributed by atoms with Gasteiger partial charge in [-0.05, 0) is 31.6 Å². The molecule has 0 bridgehead atoms. The van der Waals surface area contributed by atoms with E-state index in [0.717, 1.165) is 30.8 Å². The molecule has 1 aliphatic rings. The van der Waals surface area contributed by atoms with E-state index >= 15 is 0 Å². The molecule has 0 aromatic heterocycles. The fraction of sp³-hybridized carbons (Fsp3) is 0.500. The van der Waals surface area contributed by atoms with Crippen molar-refractivity contribution in [2.75, 3.05) is 26.2 Å². The third-order valence-corrected chi connectivity index (χ3v) is 4.60. The van der Waals surface area contributed by atoms with Crippen LogP contribution in [0.1, 0.15) is 41.4 Å². The second-order valence-corrected chi connectivity index (χ2v) is 5.60. The Morgan fingerprint density at radius 1 is 1.38 bits per heavy atom. The van der Waals surface area contributed by atoms with Crippen LogP contribution < -0.4 is 0 Å². The summed E-state index contributed by atoms with van der Waals surface area (Å²) in [6.45, 7) is 9.23. The van der Waals surface area contributed by atoms with Gasteiger partial charge in [-0.2, -0.15) is 5.26 Å². The smallest absolute Gasteiger partial charge is 0.255 e. The van der Waals surface area contributed by atoms with Crippen LogP contribution in [-0.2, 0) is 0 Å². The van der Waals surface area contributed by atoms with E-state index in [1.165, 1.54) is 0 Å². The number of carbonyl (C=O) groups excluding carboxylic acids is 1. The minimum Gasteiger partial charge on any atom is -0.317 e. The van der Waals surface area contributed by atoms with Crippen molar-refractivity contribution in [1.29, 1.82) is 5.26 Å². The highest BCUT2D eigenvalue weighted by Crippen LogP contribution is 2.37. The summed E-state index contributed by atoms with van der Waals surface area (Å²) in [7, 11) is 0. The van der Waals surface area contributed by atoms with Gasteiger partial charge in [0.05, 0.1) is 11.6 Å². The van der Waals surface area contributed by atoms with E-state index in [1.54, 1.807) is 17.0 Å². The maximum Gasteiger partial charge on any atom is 0.255 e. The summed E-state index contributed by atoms with van der Waals surface area (Å²) in [5.74, 6) is -0.0799. The number of likely N-dealkylation sites (N-methyl/N-ethyl adjacent to an activating group) is 1. The first kappa shape index (κ1) is 15.8. The molecule has 21 heavy (non-hydrogen) atoms. The van der Waals surface area contributed by atoms with Gasteiger partial charge in [0.1, 0.15) is 6.04 Å². The summed E-state index contributed by atoms with van der Waals surface area (Å²) in [5, 5.41) is 10.0. The number of fused-ring (bicyclic) bond motifs is 1. The van der Waals surface area contributed by atoms with E-state index in [1.807, 2.05) is 6.92 Å². The molecule has 0 N–H and O–H groups in total. The standard InChI is InChI=1S/C16H20ClN3O/c1-4-19(5-2)8-9-20-14(10-18)12-6-7-13(17)11(3)15(12)16(20)21/h6-7,14H,4-5,8-9H2,1-3H3. The number of nitriles is 1. The molecular weight excluding hydrogens is 286 g/mol. The number of hydrogen-bond acceptors (Lipinski definition) is 3. The van der Waals surface area contributed by atoms with Gasteiger partial charge in [0, 0.05) is 23.7 Å². The minimum absolute atomic E-state index is 0.0799. The van der Waals surface area contributed by atoms with Crippen LogP contribution >= 0.6 is 11.6 Å². The predicted molar refractivity (Wildman–Crippen MR) is 83.4 cm³/mol. The highest BCUT2D eigenvalue weighted by molar-refractivity contribution is 6.32. The summed E-state index contributed by atoms with van der Waals surface area (Å²) >= 11 is 6.11. The van der Waals surface area contributed by atoms with Gasteiger partial charge < -0.3 is 9.80 Å². The van der Waals surface area contributed by atoms with E-state index in [2.05, 4.69) is 24.8 Å². The molecular formula is C16H20ClN3O. The van der Waals surface area contributed by atoms with Crippen molar-refractivity contribution in [1.82, 2.24) is 9.80 Å². The quantitative estimate of drug-likeness (QED) is 0.840. The van der Waals surface area contributed by atoms with Crippen LogP contribution in [0.3, 0.4) is 0 Å². The van der Waals surface area contributed by atoms with Crippen molar-refractivity contribution in [2.45, 2.75) is 26.8 Å². The molecule has 1 heterocycles. The van der Waals surface area contributed by atoms with Crippen molar-refractivity contribution in [2.24, 2.45) is 0 Å². The van der Waals surface area contributed by atoms with E-state index < -0.39 is 6.04 Å². The number of nitrogens with zero attached hydrogens (tertiary/aromatic N) is 3. The number of halogens is 1. The van der Waals surface area contributed by atoms with Crippen molar-refractivity contribution in [3.8, 4) is 6.07 Å².